The topological polar surface area (TPSA) is 60.9 Å². The number of carbonyl (C=O) groups excluding carboxylic acids is 1. The lowest BCUT2D eigenvalue weighted by atomic mass is 9.84. The van der Waals surface area contributed by atoms with Gasteiger partial charge in [-0.3, -0.25) is 4.79 Å². The highest BCUT2D eigenvalue weighted by Gasteiger charge is 2.32. The van der Waals surface area contributed by atoms with Gasteiger partial charge in [0.05, 0.1) is 5.92 Å². The monoisotopic (exact) mass is 296 g/mol. The van der Waals surface area contributed by atoms with Gasteiger partial charge in [-0.05, 0) is 44.4 Å². The third-order valence-corrected chi connectivity index (χ3v) is 5.28. The minimum absolute atomic E-state index is 0.0147. The number of rotatable bonds is 3. The van der Waals surface area contributed by atoms with E-state index in [9.17, 15) is 9.59 Å². The van der Waals surface area contributed by atoms with Gasteiger partial charge < -0.3 is 14.9 Å². The van der Waals surface area contributed by atoms with Crippen molar-refractivity contribution in [3.63, 3.8) is 0 Å². The summed E-state index contributed by atoms with van der Waals surface area (Å²) in [6.45, 7) is 3.29. The summed E-state index contributed by atoms with van der Waals surface area (Å²) in [6.07, 6.45) is 7.28. The van der Waals surface area contributed by atoms with Gasteiger partial charge in [0.15, 0.2) is 0 Å². The molecule has 1 N–H and O–H groups in total. The van der Waals surface area contributed by atoms with Crippen LogP contribution in [0.2, 0.25) is 0 Å². The van der Waals surface area contributed by atoms with Crippen molar-refractivity contribution >= 4 is 12.0 Å². The van der Waals surface area contributed by atoms with Gasteiger partial charge in [0, 0.05) is 26.2 Å². The molecule has 0 radical (unpaired) electrons. The van der Waals surface area contributed by atoms with Crippen molar-refractivity contribution in [2.24, 2.45) is 11.8 Å². The number of piperidine rings is 1. The van der Waals surface area contributed by atoms with Crippen LogP contribution in [-0.4, -0.2) is 53.1 Å². The van der Waals surface area contributed by atoms with E-state index in [4.69, 9.17) is 5.11 Å². The molecule has 120 valence electrons. The molecule has 2 amide bonds. The first kappa shape index (κ1) is 16.1. The van der Waals surface area contributed by atoms with Crippen molar-refractivity contribution < 1.29 is 14.7 Å². The van der Waals surface area contributed by atoms with Crippen molar-refractivity contribution in [3.05, 3.63) is 0 Å². The largest absolute Gasteiger partial charge is 0.481 e. The van der Waals surface area contributed by atoms with Crippen LogP contribution in [-0.2, 0) is 4.79 Å². The first-order valence-corrected chi connectivity index (χ1v) is 8.27. The minimum Gasteiger partial charge on any atom is -0.481 e. The standard InChI is InChI=1S/C16H28N2O3/c1-3-12-6-8-14(9-7-12)17(2)16(21)18-10-4-5-13(11-18)15(19)20/h12-14H,3-11H2,1-2H3,(H,19,20)/t12?,13-,14?/m1/s1. The van der Waals surface area contributed by atoms with Crippen molar-refractivity contribution in [1.82, 2.24) is 9.80 Å². The van der Waals surface area contributed by atoms with E-state index in [2.05, 4.69) is 6.92 Å². The zero-order valence-electron chi connectivity index (χ0n) is 13.3. The lowest BCUT2D eigenvalue weighted by Crippen LogP contribution is -2.51. The third kappa shape index (κ3) is 3.89. The second-order valence-corrected chi connectivity index (χ2v) is 6.60. The molecule has 0 unspecified atom stereocenters. The molecule has 1 heterocycles. The maximum atomic E-state index is 12.6. The Morgan fingerprint density at radius 1 is 1.19 bits per heavy atom. The van der Waals surface area contributed by atoms with Gasteiger partial charge in [-0.25, -0.2) is 4.79 Å². The molecule has 1 aliphatic carbocycles. The van der Waals surface area contributed by atoms with E-state index in [1.165, 1.54) is 19.3 Å². The number of carbonyl (C=O) groups is 2. The Hall–Kier alpha value is -1.26. The van der Waals surface area contributed by atoms with Crippen molar-refractivity contribution in [3.8, 4) is 0 Å². The van der Waals surface area contributed by atoms with Crippen LogP contribution in [0.1, 0.15) is 51.9 Å². The van der Waals surface area contributed by atoms with Crippen LogP contribution in [0, 0.1) is 11.8 Å². The highest BCUT2D eigenvalue weighted by atomic mass is 16.4. The van der Waals surface area contributed by atoms with Crippen LogP contribution < -0.4 is 0 Å². The molecule has 1 aliphatic heterocycles. The second-order valence-electron chi connectivity index (χ2n) is 6.60. The Labute approximate surface area is 127 Å². The maximum absolute atomic E-state index is 12.6. The summed E-state index contributed by atoms with van der Waals surface area (Å²) in [5.74, 6) is -0.360. The zero-order valence-corrected chi connectivity index (χ0v) is 13.3. The molecule has 5 nitrogen and oxygen atoms in total. The molecule has 2 aliphatic rings. The normalized spacial score (nSPS) is 30.0. The van der Waals surface area contributed by atoms with E-state index >= 15 is 0 Å². The number of carboxylic acid groups (broad SMARTS) is 1. The summed E-state index contributed by atoms with van der Waals surface area (Å²) < 4.78 is 0. The average molecular weight is 296 g/mol. The third-order valence-electron chi connectivity index (χ3n) is 5.28. The van der Waals surface area contributed by atoms with Crippen LogP contribution in [0.25, 0.3) is 0 Å². The van der Waals surface area contributed by atoms with Gasteiger partial charge in [-0.15, -0.1) is 0 Å². The molecule has 0 spiro atoms. The molecule has 1 saturated carbocycles. The highest BCUT2D eigenvalue weighted by Crippen LogP contribution is 2.29. The van der Waals surface area contributed by atoms with Gasteiger partial charge >= 0.3 is 12.0 Å². The summed E-state index contributed by atoms with van der Waals surface area (Å²) in [5.41, 5.74) is 0. The Morgan fingerprint density at radius 3 is 2.43 bits per heavy atom. The number of carboxylic acids is 1. The summed E-state index contributed by atoms with van der Waals surface area (Å²) in [7, 11) is 1.88. The van der Waals surface area contributed by atoms with Crippen LogP contribution in [0.4, 0.5) is 4.79 Å². The zero-order chi connectivity index (χ0) is 15.4. The van der Waals surface area contributed by atoms with Crippen LogP contribution in [0.15, 0.2) is 0 Å². The Bertz CT molecular complexity index is 378. The fourth-order valence-corrected chi connectivity index (χ4v) is 3.67. The number of hydrogen-bond donors (Lipinski definition) is 1. The van der Waals surface area contributed by atoms with E-state index in [-0.39, 0.29) is 6.03 Å². The predicted molar refractivity (Wildman–Crippen MR) is 81.1 cm³/mol. The number of amides is 2. The van der Waals surface area contributed by atoms with E-state index < -0.39 is 11.9 Å². The molecule has 1 saturated heterocycles. The van der Waals surface area contributed by atoms with Crippen molar-refractivity contribution in [2.45, 2.75) is 57.9 Å². The minimum atomic E-state index is -0.779. The van der Waals surface area contributed by atoms with Crippen LogP contribution in [0.3, 0.4) is 0 Å². The Balaban J connectivity index is 1.88. The van der Waals surface area contributed by atoms with E-state index in [0.717, 1.165) is 25.2 Å². The molecule has 0 aromatic heterocycles. The molecule has 2 fully saturated rings. The fourth-order valence-electron chi connectivity index (χ4n) is 3.67. The first-order valence-electron chi connectivity index (χ1n) is 8.27. The van der Waals surface area contributed by atoms with Gasteiger partial charge in [0.25, 0.3) is 0 Å². The Kier molecular flexibility index (Phi) is 5.48. The molecule has 0 aromatic carbocycles. The van der Waals surface area contributed by atoms with Crippen molar-refractivity contribution in [2.75, 3.05) is 20.1 Å². The number of hydrogen-bond acceptors (Lipinski definition) is 2. The lowest BCUT2D eigenvalue weighted by molar-refractivity contribution is -0.143. The molecule has 5 heteroatoms. The molecule has 1 atom stereocenters. The van der Waals surface area contributed by atoms with Gasteiger partial charge in [-0.1, -0.05) is 13.3 Å². The smallest absolute Gasteiger partial charge is 0.320 e. The summed E-state index contributed by atoms with van der Waals surface area (Å²) in [5, 5.41) is 9.13. The average Bonchev–Trinajstić information content (AvgIpc) is 2.53. The summed E-state index contributed by atoms with van der Waals surface area (Å²) in [6, 6.07) is 0.339. The molecular formula is C16H28N2O3. The van der Waals surface area contributed by atoms with E-state index in [1.807, 2.05) is 11.9 Å². The number of aliphatic carboxylic acids is 1. The number of nitrogens with zero attached hydrogens (tertiary/aromatic N) is 2. The maximum Gasteiger partial charge on any atom is 0.320 e. The van der Waals surface area contributed by atoms with Gasteiger partial charge in [-0.2, -0.15) is 0 Å². The fraction of sp³-hybridized carbons (Fsp3) is 0.875. The second kappa shape index (κ2) is 7.14. The van der Waals surface area contributed by atoms with Crippen LogP contribution >= 0.6 is 0 Å². The van der Waals surface area contributed by atoms with Gasteiger partial charge in [0.1, 0.15) is 0 Å². The molecular weight excluding hydrogens is 268 g/mol. The molecule has 21 heavy (non-hydrogen) atoms. The van der Waals surface area contributed by atoms with Crippen LogP contribution in [0.5, 0.6) is 0 Å². The number of likely N-dealkylation sites (tertiary alicyclic amines) is 1. The predicted octanol–water partition coefficient (Wildman–Crippen LogP) is 2.80. The van der Waals surface area contributed by atoms with E-state index in [1.54, 1.807) is 4.90 Å². The Morgan fingerprint density at radius 2 is 1.86 bits per heavy atom. The number of urea groups is 1. The molecule has 2 rings (SSSR count). The lowest BCUT2D eigenvalue weighted by Gasteiger charge is -2.39. The highest BCUT2D eigenvalue weighted by molar-refractivity contribution is 5.76. The first-order chi connectivity index (χ1) is 10.0. The SMILES string of the molecule is CCC1CCC(N(C)C(=O)N2CCC[C@@H](C(=O)O)C2)CC1. The quantitative estimate of drug-likeness (QED) is 0.871. The van der Waals surface area contributed by atoms with Crippen molar-refractivity contribution in [1.29, 1.82) is 0 Å². The van der Waals surface area contributed by atoms with E-state index in [0.29, 0.717) is 25.6 Å². The summed E-state index contributed by atoms with van der Waals surface area (Å²) >= 11 is 0. The van der Waals surface area contributed by atoms with Gasteiger partial charge in [0.2, 0.25) is 0 Å². The molecule has 0 aromatic rings. The molecule has 0 bridgehead atoms. The summed E-state index contributed by atoms with van der Waals surface area (Å²) in [4.78, 5) is 27.3.